The number of pyridine rings is 1. The van der Waals surface area contributed by atoms with Gasteiger partial charge in [0.1, 0.15) is 11.6 Å². The topological polar surface area (TPSA) is 88.6 Å². The minimum atomic E-state index is -4.08. The van der Waals surface area contributed by atoms with E-state index in [1.54, 1.807) is 25.3 Å². The summed E-state index contributed by atoms with van der Waals surface area (Å²) in [4.78, 5) is 18.5. The number of rotatable bonds is 4. The van der Waals surface area contributed by atoms with E-state index in [0.717, 1.165) is 12.1 Å². The predicted molar refractivity (Wildman–Crippen MR) is 110 cm³/mol. The van der Waals surface area contributed by atoms with E-state index in [9.17, 15) is 17.6 Å². The van der Waals surface area contributed by atoms with Crippen LogP contribution in [0.25, 0.3) is 0 Å². The Kier molecular flexibility index (Phi) is 5.08. The standard InChI is InChI=1S/C20H15ClFN3O4S/c1-2-25-19-18(4-3-9-23-19)29-17-8-6-13(11-14(17)20(25)26)30(27,28)24-12-5-7-16(22)15(21)10-12/h3-11,24H,2H2,1H3. The van der Waals surface area contributed by atoms with Crippen LogP contribution in [0.4, 0.5) is 15.9 Å². The molecule has 30 heavy (non-hydrogen) atoms. The van der Waals surface area contributed by atoms with Crippen LogP contribution in [0.1, 0.15) is 17.3 Å². The molecule has 0 aliphatic carbocycles. The minimum Gasteiger partial charge on any atom is -0.453 e. The zero-order chi connectivity index (χ0) is 21.5. The van der Waals surface area contributed by atoms with Crippen molar-refractivity contribution in [3.8, 4) is 11.5 Å². The molecule has 1 aliphatic rings. The molecule has 0 saturated carbocycles. The van der Waals surface area contributed by atoms with Crippen molar-refractivity contribution in [2.45, 2.75) is 11.8 Å². The highest BCUT2D eigenvalue weighted by Gasteiger charge is 2.30. The van der Waals surface area contributed by atoms with E-state index in [4.69, 9.17) is 16.3 Å². The molecule has 2 aromatic carbocycles. The van der Waals surface area contributed by atoms with E-state index < -0.39 is 21.7 Å². The van der Waals surface area contributed by atoms with E-state index in [2.05, 4.69) is 9.71 Å². The van der Waals surface area contributed by atoms with Gasteiger partial charge in [-0.3, -0.25) is 14.4 Å². The Bertz CT molecular complexity index is 1270. The number of amides is 1. The maximum Gasteiger partial charge on any atom is 0.263 e. The van der Waals surface area contributed by atoms with Crippen molar-refractivity contribution in [3.63, 3.8) is 0 Å². The van der Waals surface area contributed by atoms with Crippen LogP contribution < -0.4 is 14.4 Å². The molecule has 0 bridgehead atoms. The van der Waals surface area contributed by atoms with Crippen molar-refractivity contribution in [1.29, 1.82) is 0 Å². The van der Waals surface area contributed by atoms with Crippen molar-refractivity contribution in [1.82, 2.24) is 4.98 Å². The molecule has 1 aromatic heterocycles. The molecule has 1 amide bonds. The number of nitrogens with zero attached hydrogens (tertiary/aromatic N) is 2. The van der Waals surface area contributed by atoms with Gasteiger partial charge < -0.3 is 4.74 Å². The maximum atomic E-state index is 13.3. The van der Waals surface area contributed by atoms with E-state index in [1.807, 2.05) is 0 Å². The lowest BCUT2D eigenvalue weighted by Gasteiger charge is -2.18. The molecule has 0 radical (unpaired) electrons. The zero-order valence-electron chi connectivity index (χ0n) is 15.6. The number of anilines is 2. The molecular weight excluding hydrogens is 433 g/mol. The monoisotopic (exact) mass is 447 g/mol. The number of carbonyl (C=O) groups excluding carboxylic acids is 1. The SMILES string of the molecule is CCN1C(=O)c2cc(S(=O)(=O)Nc3ccc(F)c(Cl)c3)ccc2Oc2cccnc21. The Balaban J connectivity index is 1.74. The molecule has 0 saturated heterocycles. The van der Waals surface area contributed by atoms with Crippen molar-refractivity contribution in [3.05, 3.63) is 71.1 Å². The Hall–Kier alpha value is -3.17. The lowest BCUT2D eigenvalue weighted by molar-refractivity contribution is 0.0987. The summed E-state index contributed by atoms with van der Waals surface area (Å²) in [5.41, 5.74) is 0.167. The number of carbonyl (C=O) groups is 1. The summed E-state index contributed by atoms with van der Waals surface area (Å²) >= 11 is 5.71. The molecule has 0 spiro atoms. The van der Waals surface area contributed by atoms with Gasteiger partial charge in [0.05, 0.1) is 21.2 Å². The highest BCUT2D eigenvalue weighted by Crippen LogP contribution is 2.38. The van der Waals surface area contributed by atoms with Crippen LogP contribution in [0.15, 0.2) is 59.6 Å². The van der Waals surface area contributed by atoms with Gasteiger partial charge in [-0.25, -0.2) is 17.8 Å². The number of benzene rings is 2. The first kappa shape index (κ1) is 20.1. The second-order valence-electron chi connectivity index (χ2n) is 6.37. The van der Waals surface area contributed by atoms with Crippen molar-refractivity contribution >= 4 is 39.0 Å². The van der Waals surface area contributed by atoms with Crippen LogP contribution in [0.5, 0.6) is 11.5 Å². The Labute approximate surface area is 177 Å². The van der Waals surface area contributed by atoms with Crippen molar-refractivity contribution in [2.24, 2.45) is 0 Å². The van der Waals surface area contributed by atoms with Gasteiger partial charge >= 0.3 is 0 Å². The molecule has 0 unspecified atom stereocenters. The molecule has 3 aromatic rings. The minimum absolute atomic E-state index is 0.0786. The Morgan fingerprint density at radius 2 is 1.97 bits per heavy atom. The molecule has 1 N–H and O–H groups in total. The van der Waals surface area contributed by atoms with Crippen LogP contribution in [-0.2, 0) is 10.0 Å². The number of fused-ring (bicyclic) bond motifs is 2. The average Bonchev–Trinajstić information content (AvgIpc) is 2.83. The zero-order valence-corrected chi connectivity index (χ0v) is 17.2. The van der Waals surface area contributed by atoms with E-state index >= 15 is 0 Å². The lowest BCUT2D eigenvalue weighted by Crippen LogP contribution is -2.30. The van der Waals surface area contributed by atoms with Gasteiger partial charge in [0.15, 0.2) is 11.6 Å². The van der Waals surface area contributed by atoms with E-state index in [1.165, 1.54) is 29.2 Å². The van der Waals surface area contributed by atoms with Crippen molar-refractivity contribution in [2.75, 3.05) is 16.2 Å². The molecule has 10 heteroatoms. The van der Waals surface area contributed by atoms with Gasteiger partial charge in [-0.1, -0.05) is 11.6 Å². The Morgan fingerprint density at radius 3 is 2.70 bits per heavy atom. The van der Waals surface area contributed by atoms with Gasteiger partial charge in [-0.05, 0) is 55.5 Å². The maximum absolute atomic E-state index is 13.3. The summed E-state index contributed by atoms with van der Waals surface area (Å²) in [6, 6.07) is 10.8. The van der Waals surface area contributed by atoms with Crippen LogP contribution in [-0.4, -0.2) is 25.9 Å². The normalized spacial score (nSPS) is 13.2. The highest BCUT2D eigenvalue weighted by atomic mass is 35.5. The predicted octanol–water partition coefficient (Wildman–Crippen LogP) is 4.45. The number of aromatic nitrogens is 1. The highest BCUT2D eigenvalue weighted by molar-refractivity contribution is 7.92. The molecule has 7 nitrogen and oxygen atoms in total. The van der Waals surface area contributed by atoms with Crippen LogP contribution in [0.3, 0.4) is 0 Å². The number of hydrogen-bond donors (Lipinski definition) is 1. The largest absolute Gasteiger partial charge is 0.453 e. The summed E-state index contributed by atoms with van der Waals surface area (Å²) in [6.45, 7) is 2.09. The number of sulfonamides is 1. The first-order valence-corrected chi connectivity index (χ1v) is 10.7. The van der Waals surface area contributed by atoms with Gasteiger partial charge in [0, 0.05) is 12.7 Å². The smallest absolute Gasteiger partial charge is 0.263 e. The second kappa shape index (κ2) is 7.58. The summed E-state index contributed by atoms with van der Waals surface area (Å²) in [5, 5.41) is -0.218. The van der Waals surface area contributed by atoms with E-state index in [0.29, 0.717) is 18.1 Å². The lowest BCUT2D eigenvalue weighted by atomic mass is 10.2. The van der Waals surface area contributed by atoms with Gasteiger partial charge in [0.25, 0.3) is 15.9 Å². The van der Waals surface area contributed by atoms with Crippen LogP contribution in [0.2, 0.25) is 5.02 Å². The fourth-order valence-electron chi connectivity index (χ4n) is 3.02. The molecule has 1 aliphatic heterocycles. The summed E-state index contributed by atoms with van der Waals surface area (Å²) in [6.07, 6.45) is 1.54. The van der Waals surface area contributed by atoms with Gasteiger partial charge in [0.2, 0.25) is 0 Å². The fourth-order valence-corrected chi connectivity index (χ4v) is 4.28. The first-order chi connectivity index (χ1) is 14.3. The molecule has 2 heterocycles. The third-order valence-corrected chi connectivity index (χ3v) is 6.12. The first-order valence-electron chi connectivity index (χ1n) is 8.87. The molecule has 154 valence electrons. The number of nitrogens with one attached hydrogen (secondary N) is 1. The van der Waals surface area contributed by atoms with E-state index in [-0.39, 0.29) is 26.9 Å². The Morgan fingerprint density at radius 1 is 1.17 bits per heavy atom. The van der Waals surface area contributed by atoms with Gasteiger partial charge in [-0.2, -0.15) is 0 Å². The van der Waals surface area contributed by atoms with Gasteiger partial charge in [-0.15, -0.1) is 0 Å². The molecular formula is C20H15ClFN3O4S. The molecule has 0 fully saturated rings. The molecule has 4 rings (SSSR count). The summed E-state index contributed by atoms with van der Waals surface area (Å²) < 4.78 is 47.1. The van der Waals surface area contributed by atoms with Crippen molar-refractivity contribution < 1.29 is 22.3 Å². The molecule has 0 atom stereocenters. The quantitative estimate of drug-likeness (QED) is 0.638. The number of halogens is 2. The fraction of sp³-hybridized carbons (Fsp3) is 0.100. The number of hydrogen-bond acceptors (Lipinski definition) is 5. The summed E-state index contributed by atoms with van der Waals surface area (Å²) in [5.74, 6) is -0.146. The van der Waals surface area contributed by atoms with Crippen LogP contribution in [0, 0.1) is 5.82 Å². The second-order valence-corrected chi connectivity index (χ2v) is 8.46. The van der Waals surface area contributed by atoms with Crippen LogP contribution >= 0.6 is 11.6 Å². The number of ether oxygens (including phenoxy) is 1. The third kappa shape index (κ3) is 3.57. The third-order valence-electron chi connectivity index (χ3n) is 4.45. The summed E-state index contributed by atoms with van der Waals surface area (Å²) in [7, 11) is -4.08. The average molecular weight is 448 g/mol.